The summed E-state index contributed by atoms with van der Waals surface area (Å²) in [5.74, 6) is -2.08. The summed E-state index contributed by atoms with van der Waals surface area (Å²) in [4.78, 5) is 23.5. The standard InChI is InChI=1S/C16H18FN3O3/c1-3-20-7-6-12(19-20)9-14(21)18-15(16(22)23)11-4-5-13(17)10(2)8-11/h4-8,15H,3,9H2,1-2H3,(H,18,21)(H,22,23). The van der Waals surface area contributed by atoms with Crippen LogP contribution in [0.4, 0.5) is 4.39 Å². The zero-order valence-corrected chi connectivity index (χ0v) is 12.9. The Kier molecular flexibility index (Phi) is 5.10. The van der Waals surface area contributed by atoms with Gasteiger partial charge in [-0.05, 0) is 37.1 Å². The lowest BCUT2D eigenvalue weighted by atomic mass is 10.0. The third kappa shape index (κ3) is 4.15. The number of hydrogen-bond donors (Lipinski definition) is 2. The number of carbonyl (C=O) groups excluding carboxylic acids is 1. The average Bonchev–Trinajstić information content (AvgIpc) is 2.95. The number of carboxylic acid groups (broad SMARTS) is 1. The molecule has 6 nitrogen and oxygen atoms in total. The van der Waals surface area contributed by atoms with Gasteiger partial charge in [-0.2, -0.15) is 5.10 Å². The lowest BCUT2D eigenvalue weighted by Crippen LogP contribution is -2.34. The number of carboxylic acids is 1. The molecular formula is C16H18FN3O3. The van der Waals surface area contributed by atoms with Gasteiger partial charge in [0.05, 0.1) is 12.1 Å². The second-order valence-corrected chi connectivity index (χ2v) is 5.19. The second-order valence-electron chi connectivity index (χ2n) is 5.19. The highest BCUT2D eigenvalue weighted by Crippen LogP contribution is 2.17. The highest BCUT2D eigenvalue weighted by atomic mass is 19.1. The van der Waals surface area contributed by atoms with E-state index >= 15 is 0 Å². The van der Waals surface area contributed by atoms with Crippen LogP contribution in [0.2, 0.25) is 0 Å². The van der Waals surface area contributed by atoms with Gasteiger partial charge in [0.25, 0.3) is 0 Å². The molecule has 1 atom stereocenters. The summed E-state index contributed by atoms with van der Waals surface area (Å²) in [5, 5.41) is 15.9. The van der Waals surface area contributed by atoms with Gasteiger partial charge in [-0.15, -0.1) is 0 Å². The maximum Gasteiger partial charge on any atom is 0.330 e. The van der Waals surface area contributed by atoms with E-state index in [1.807, 2.05) is 6.92 Å². The predicted octanol–water partition coefficient (Wildman–Crippen LogP) is 1.84. The second kappa shape index (κ2) is 7.04. The number of nitrogens with zero attached hydrogens (tertiary/aromatic N) is 2. The van der Waals surface area contributed by atoms with Gasteiger partial charge in [0.15, 0.2) is 6.04 Å². The smallest absolute Gasteiger partial charge is 0.330 e. The summed E-state index contributed by atoms with van der Waals surface area (Å²) in [7, 11) is 0. The minimum absolute atomic E-state index is 0.0169. The van der Waals surface area contributed by atoms with Gasteiger partial charge in [-0.3, -0.25) is 9.48 Å². The van der Waals surface area contributed by atoms with Gasteiger partial charge < -0.3 is 10.4 Å². The van der Waals surface area contributed by atoms with Gasteiger partial charge >= 0.3 is 5.97 Å². The Balaban J connectivity index is 2.10. The zero-order valence-electron chi connectivity index (χ0n) is 12.9. The molecule has 0 aliphatic carbocycles. The molecule has 0 spiro atoms. The summed E-state index contributed by atoms with van der Waals surface area (Å²) in [6.07, 6.45) is 1.73. The number of benzene rings is 1. The van der Waals surface area contributed by atoms with Crippen LogP contribution in [0.5, 0.6) is 0 Å². The van der Waals surface area contributed by atoms with Crippen molar-refractivity contribution >= 4 is 11.9 Å². The van der Waals surface area contributed by atoms with Gasteiger partial charge in [-0.1, -0.05) is 12.1 Å². The van der Waals surface area contributed by atoms with Gasteiger partial charge in [0.2, 0.25) is 5.91 Å². The third-order valence-corrected chi connectivity index (χ3v) is 3.43. The molecule has 0 radical (unpaired) electrons. The van der Waals surface area contributed by atoms with E-state index in [9.17, 15) is 19.1 Å². The molecule has 7 heteroatoms. The molecule has 0 aliphatic heterocycles. The summed E-state index contributed by atoms with van der Waals surface area (Å²) in [6.45, 7) is 4.15. The molecule has 0 fully saturated rings. The summed E-state index contributed by atoms with van der Waals surface area (Å²) < 4.78 is 15.0. The van der Waals surface area contributed by atoms with Crippen LogP contribution in [-0.4, -0.2) is 26.8 Å². The maximum atomic E-state index is 13.3. The molecule has 1 unspecified atom stereocenters. The first-order valence-corrected chi connectivity index (χ1v) is 7.21. The van der Waals surface area contributed by atoms with E-state index in [0.717, 1.165) is 0 Å². The molecular weight excluding hydrogens is 301 g/mol. The SMILES string of the molecule is CCn1ccc(CC(=O)NC(C(=O)O)c2ccc(F)c(C)c2)n1. The number of hydrogen-bond acceptors (Lipinski definition) is 3. The van der Waals surface area contributed by atoms with Crippen molar-refractivity contribution in [3.8, 4) is 0 Å². The van der Waals surface area contributed by atoms with Crippen molar-refractivity contribution in [2.24, 2.45) is 0 Å². The highest BCUT2D eigenvalue weighted by Gasteiger charge is 2.23. The molecule has 2 rings (SSSR count). The Morgan fingerprint density at radius 2 is 2.13 bits per heavy atom. The van der Waals surface area contributed by atoms with Gasteiger partial charge in [0.1, 0.15) is 5.82 Å². The van der Waals surface area contributed by atoms with E-state index in [4.69, 9.17) is 0 Å². The predicted molar refractivity (Wildman–Crippen MR) is 81.3 cm³/mol. The van der Waals surface area contributed by atoms with E-state index in [2.05, 4.69) is 10.4 Å². The summed E-state index contributed by atoms with van der Waals surface area (Å²) in [5.41, 5.74) is 1.21. The number of carbonyl (C=O) groups is 2. The Bertz CT molecular complexity index is 727. The lowest BCUT2D eigenvalue weighted by Gasteiger charge is -2.15. The van der Waals surface area contributed by atoms with E-state index in [1.165, 1.54) is 25.1 Å². The first-order valence-electron chi connectivity index (χ1n) is 7.21. The maximum absolute atomic E-state index is 13.3. The summed E-state index contributed by atoms with van der Waals surface area (Å²) >= 11 is 0. The van der Waals surface area contributed by atoms with Crippen LogP contribution in [0.15, 0.2) is 30.5 Å². The summed E-state index contributed by atoms with van der Waals surface area (Å²) in [6, 6.07) is 4.44. The van der Waals surface area contributed by atoms with Crippen LogP contribution in [0, 0.1) is 12.7 Å². The molecule has 0 saturated heterocycles. The number of amides is 1. The topological polar surface area (TPSA) is 84.2 Å². The first-order chi connectivity index (χ1) is 10.9. The molecule has 2 aromatic rings. The van der Waals surface area contributed by atoms with Crippen LogP contribution in [0.3, 0.4) is 0 Å². The van der Waals surface area contributed by atoms with Crippen molar-refractivity contribution < 1.29 is 19.1 Å². The van der Waals surface area contributed by atoms with E-state index < -0.39 is 23.7 Å². The van der Waals surface area contributed by atoms with Crippen molar-refractivity contribution in [1.82, 2.24) is 15.1 Å². The molecule has 122 valence electrons. The first kappa shape index (κ1) is 16.7. The van der Waals surface area contributed by atoms with E-state index in [0.29, 0.717) is 23.4 Å². The van der Waals surface area contributed by atoms with Crippen LogP contribution in [-0.2, 0) is 22.6 Å². The number of aromatic nitrogens is 2. The van der Waals surface area contributed by atoms with Crippen molar-refractivity contribution in [1.29, 1.82) is 0 Å². The van der Waals surface area contributed by atoms with Crippen molar-refractivity contribution in [2.75, 3.05) is 0 Å². The molecule has 1 heterocycles. The zero-order chi connectivity index (χ0) is 17.0. The van der Waals surface area contributed by atoms with E-state index in [1.54, 1.807) is 16.9 Å². The van der Waals surface area contributed by atoms with Crippen LogP contribution in [0.25, 0.3) is 0 Å². The normalized spacial score (nSPS) is 12.0. The van der Waals surface area contributed by atoms with Crippen LogP contribution in [0.1, 0.15) is 29.8 Å². The molecule has 23 heavy (non-hydrogen) atoms. The number of aryl methyl sites for hydroxylation is 2. The molecule has 1 aromatic heterocycles. The fraction of sp³-hybridized carbons (Fsp3) is 0.312. The molecule has 1 amide bonds. The largest absolute Gasteiger partial charge is 0.479 e. The number of aliphatic carboxylic acids is 1. The Morgan fingerprint density at radius 1 is 1.39 bits per heavy atom. The van der Waals surface area contributed by atoms with E-state index in [-0.39, 0.29) is 6.42 Å². The van der Waals surface area contributed by atoms with Crippen molar-refractivity contribution in [3.05, 3.63) is 53.1 Å². The number of halogens is 1. The monoisotopic (exact) mass is 319 g/mol. The quantitative estimate of drug-likeness (QED) is 0.851. The number of nitrogens with one attached hydrogen (secondary N) is 1. The molecule has 0 aliphatic rings. The minimum atomic E-state index is -1.23. The highest BCUT2D eigenvalue weighted by molar-refractivity contribution is 5.85. The Hall–Kier alpha value is -2.70. The average molecular weight is 319 g/mol. The van der Waals surface area contributed by atoms with Gasteiger partial charge in [-0.25, -0.2) is 9.18 Å². The minimum Gasteiger partial charge on any atom is -0.479 e. The van der Waals surface area contributed by atoms with Crippen LogP contribution >= 0.6 is 0 Å². The van der Waals surface area contributed by atoms with Gasteiger partial charge in [0, 0.05) is 12.7 Å². The van der Waals surface area contributed by atoms with Crippen LogP contribution < -0.4 is 5.32 Å². The number of rotatable bonds is 6. The van der Waals surface area contributed by atoms with Crippen molar-refractivity contribution in [3.63, 3.8) is 0 Å². The third-order valence-electron chi connectivity index (χ3n) is 3.43. The molecule has 1 aromatic carbocycles. The fourth-order valence-electron chi connectivity index (χ4n) is 2.19. The van der Waals surface area contributed by atoms with Crippen molar-refractivity contribution in [2.45, 2.75) is 32.9 Å². The Morgan fingerprint density at radius 3 is 2.70 bits per heavy atom. The molecule has 0 saturated carbocycles. The fourth-order valence-corrected chi connectivity index (χ4v) is 2.19. The molecule has 2 N–H and O–H groups in total. The lowest BCUT2D eigenvalue weighted by molar-refractivity contribution is -0.142. The molecule has 0 bridgehead atoms. The Labute approximate surface area is 132 Å².